The van der Waals surface area contributed by atoms with Gasteiger partial charge in [0, 0.05) is 13.0 Å². The number of nitrogens with one attached hydrogen (secondary N) is 2. The lowest BCUT2D eigenvalue weighted by Gasteiger charge is -2.08. The molecule has 0 heterocycles. The second-order valence-corrected chi connectivity index (χ2v) is 4.88. The van der Waals surface area contributed by atoms with Gasteiger partial charge in [-0.15, -0.1) is 0 Å². The summed E-state index contributed by atoms with van der Waals surface area (Å²) in [5.74, 6) is -1.97. The van der Waals surface area contributed by atoms with E-state index >= 15 is 0 Å². The zero-order valence-electron chi connectivity index (χ0n) is 12.1. The average Bonchev–Trinajstić information content (AvgIpc) is 2.52. The summed E-state index contributed by atoms with van der Waals surface area (Å²) in [5, 5.41) is 5.39. The lowest BCUT2D eigenvalue weighted by Crippen LogP contribution is -2.24. The molecule has 0 aliphatic rings. The molecule has 1 amide bonds. The van der Waals surface area contributed by atoms with Crippen LogP contribution in [0.25, 0.3) is 0 Å². The lowest BCUT2D eigenvalue weighted by atomic mass is 10.1. The minimum Gasteiger partial charge on any atom is -0.321 e. The molecule has 0 saturated carbocycles. The van der Waals surface area contributed by atoms with Gasteiger partial charge in [-0.2, -0.15) is 0 Å². The summed E-state index contributed by atoms with van der Waals surface area (Å²) in [7, 11) is 0. The van der Waals surface area contributed by atoms with Crippen LogP contribution >= 0.6 is 0 Å². The topological polar surface area (TPSA) is 41.1 Å². The highest BCUT2D eigenvalue weighted by atomic mass is 19.1. The maximum absolute atomic E-state index is 13.4. The summed E-state index contributed by atoms with van der Waals surface area (Å²) < 4.78 is 26.7. The van der Waals surface area contributed by atoms with Gasteiger partial charge in [0.25, 0.3) is 0 Å². The maximum atomic E-state index is 13.4. The Morgan fingerprint density at radius 3 is 2.27 bits per heavy atom. The van der Waals surface area contributed by atoms with E-state index in [1.165, 1.54) is 11.6 Å². The molecule has 0 aliphatic carbocycles. The minimum atomic E-state index is -0.773. The van der Waals surface area contributed by atoms with Crippen molar-refractivity contribution in [3.63, 3.8) is 0 Å². The van der Waals surface area contributed by atoms with Crippen LogP contribution in [0.15, 0.2) is 48.5 Å². The second-order valence-electron chi connectivity index (χ2n) is 4.88. The molecule has 22 heavy (non-hydrogen) atoms. The maximum Gasteiger partial charge on any atom is 0.225 e. The van der Waals surface area contributed by atoms with Crippen molar-refractivity contribution in [3.05, 3.63) is 65.7 Å². The molecule has 2 aromatic carbocycles. The van der Waals surface area contributed by atoms with Gasteiger partial charge >= 0.3 is 0 Å². The summed E-state index contributed by atoms with van der Waals surface area (Å²) in [6.07, 6.45) is 1.02. The van der Waals surface area contributed by atoms with Crippen LogP contribution in [0.4, 0.5) is 14.5 Å². The van der Waals surface area contributed by atoms with Crippen molar-refractivity contribution < 1.29 is 13.6 Å². The highest BCUT2D eigenvalue weighted by molar-refractivity contribution is 5.91. The van der Waals surface area contributed by atoms with Crippen molar-refractivity contribution in [2.45, 2.75) is 12.8 Å². The third kappa shape index (κ3) is 4.93. The van der Waals surface area contributed by atoms with Crippen molar-refractivity contribution >= 4 is 11.6 Å². The molecule has 2 N–H and O–H groups in total. The van der Waals surface area contributed by atoms with E-state index < -0.39 is 23.2 Å². The van der Waals surface area contributed by atoms with E-state index in [1.54, 1.807) is 0 Å². The Balaban J connectivity index is 1.68. The molecular formula is C17H18F2N2O. The van der Waals surface area contributed by atoms with Crippen LogP contribution in [0.1, 0.15) is 12.0 Å². The fourth-order valence-corrected chi connectivity index (χ4v) is 2.02. The van der Waals surface area contributed by atoms with Crippen molar-refractivity contribution in [1.29, 1.82) is 0 Å². The van der Waals surface area contributed by atoms with E-state index in [0.717, 1.165) is 25.1 Å². The molecule has 116 valence electrons. The van der Waals surface area contributed by atoms with Crippen molar-refractivity contribution in [2.24, 2.45) is 0 Å². The first-order valence-electron chi connectivity index (χ1n) is 7.15. The molecule has 0 unspecified atom stereocenters. The lowest BCUT2D eigenvalue weighted by molar-refractivity contribution is -0.116. The van der Waals surface area contributed by atoms with Gasteiger partial charge in [-0.05, 0) is 30.7 Å². The number of carbonyl (C=O) groups is 1. The van der Waals surface area contributed by atoms with E-state index in [2.05, 4.69) is 10.6 Å². The van der Waals surface area contributed by atoms with Crippen molar-refractivity contribution in [1.82, 2.24) is 5.32 Å². The molecule has 2 rings (SSSR count). The molecule has 5 heteroatoms. The highest BCUT2D eigenvalue weighted by Crippen LogP contribution is 2.17. The first-order chi connectivity index (χ1) is 10.7. The third-order valence-corrected chi connectivity index (χ3v) is 3.19. The van der Waals surface area contributed by atoms with E-state index in [9.17, 15) is 13.6 Å². The summed E-state index contributed by atoms with van der Waals surface area (Å²) in [5.41, 5.74) is 0.824. The molecule has 0 fully saturated rings. The van der Waals surface area contributed by atoms with Gasteiger partial charge in [-0.3, -0.25) is 4.79 Å². The van der Waals surface area contributed by atoms with Crippen LogP contribution in [0, 0.1) is 11.6 Å². The van der Waals surface area contributed by atoms with Gasteiger partial charge < -0.3 is 10.6 Å². The number of hydrogen-bond donors (Lipinski definition) is 2. The molecule has 0 aromatic heterocycles. The zero-order chi connectivity index (χ0) is 15.8. The number of benzene rings is 2. The quantitative estimate of drug-likeness (QED) is 0.772. The molecule has 0 spiro atoms. The van der Waals surface area contributed by atoms with Gasteiger partial charge in [0.2, 0.25) is 5.91 Å². The number of para-hydroxylation sites is 1. The predicted molar refractivity (Wildman–Crippen MR) is 82.6 cm³/mol. The summed E-state index contributed by atoms with van der Waals surface area (Å²) in [6.45, 7) is 1.19. The molecule has 0 aliphatic heterocycles. The Kier molecular flexibility index (Phi) is 6.03. The standard InChI is InChI=1S/C17H18F2N2O/c18-14-7-4-8-15(19)17(14)21-16(22)10-12-20-11-9-13-5-2-1-3-6-13/h1-8,20H,9-12H2,(H,21,22). The van der Waals surface area contributed by atoms with Gasteiger partial charge in [0.15, 0.2) is 0 Å². The minimum absolute atomic E-state index is 0.155. The Morgan fingerprint density at radius 2 is 1.59 bits per heavy atom. The van der Waals surface area contributed by atoms with Gasteiger partial charge in [0.05, 0.1) is 0 Å². The number of anilines is 1. The van der Waals surface area contributed by atoms with Crippen LogP contribution in [0.2, 0.25) is 0 Å². The van der Waals surface area contributed by atoms with Crippen LogP contribution < -0.4 is 10.6 Å². The summed E-state index contributed by atoms with van der Waals surface area (Å²) >= 11 is 0. The SMILES string of the molecule is O=C(CCNCCc1ccccc1)Nc1c(F)cccc1F. The number of rotatable bonds is 7. The highest BCUT2D eigenvalue weighted by Gasteiger charge is 2.11. The number of carbonyl (C=O) groups excluding carboxylic acids is 1. The van der Waals surface area contributed by atoms with Gasteiger partial charge in [0.1, 0.15) is 17.3 Å². The van der Waals surface area contributed by atoms with Gasteiger partial charge in [-0.25, -0.2) is 8.78 Å². The smallest absolute Gasteiger partial charge is 0.225 e. The predicted octanol–water partition coefficient (Wildman–Crippen LogP) is 3.13. The molecule has 3 nitrogen and oxygen atoms in total. The van der Waals surface area contributed by atoms with Gasteiger partial charge in [-0.1, -0.05) is 36.4 Å². The average molecular weight is 304 g/mol. The summed E-state index contributed by atoms with van der Waals surface area (Å²) in [4.78, 5) is 11.7. The molecule has 2 aromatic rings. The Labute approximate surface area is 128 Å². The van der Waals surface area contributed by atoms with Crippen molar-refractivity contribution in [3.8, 4) is 0 Å². The van der Waals surface area contributed by atoms with Crippen LogP contribution in [0.5, 0.6) is 0 Å². The summed E-state index contributed by atoms with van der Waals surface area (Å²) in [6, 6.07) is 13.5. The van der Waals surface area contributed by atoms with Crippen molar-refractivity contribution in [2.75, 3.05) is 18.4 Å². The second kappa shape index (κ2) is 8.24. The normalized spacial score (nSPS) is 10.5. The molecule has 0 bridgehead atoms. The Hall–Kier alpha value is -2.27. The third-order valence-electron chi connectivity index (χ3n) is 3.19. The Morgan fingerprint density at radius 1 is 0.909 bits per heavy atom. The monoisotopic (exact) mass is 304 g/mol. The van der Waals surface area contributed by atoms with Crippen LogP contribution in [-0.4, -0.2) is 19.0 Å². The first-order valence-corrected chi connectivity index (χ1v) is 7.15. The fraction of sp³-hybridized carbons (Fsp3) is 0.235. The largest absolute Gasteiger partial charge is 0.321 e. The molecule has 0 atom stereocenters. The van der Waals surface area contributed by atoms with E-state index in [1.807, 2.05) is 30.3 Å². The number of hydrogen-bond acceptors (Lipinski definition) is 2. The van der Waals surface area contributed by atoms with E-state index in [0.29, 0.717) is 6.54 Å². The number of halogens is 2. The van der Waals surface area contributed by atoms with Crippen LogP contribution in [-0.2, 0) is 11.2 Å². The first kappa shape index (κ1) is 16.1. The fourth-order valence-electron chi connectivity index (χ4n) is 2.02. The molecule has 0 saturated heterocycles. The van der Waals surface area contributed by atoms with E-state index in [4.69, 9.17) is 0 Å². The van der Waals surface area contributed by atoms with Crippen LogP contribution in [0.3, 0.4) is 0 Å². The Bertz CT molecular complexity index is 597. The zero-order valence-corrected chi connectivity index (χ0v) is 12.1. The van der Waals surface area contributed by atoms with E-state index in [-0.39, 0.29) is 6.42 Å². The molecule has 0 radical (unpaired) electrons. The molecular weight excluding hydrogens is 286 g/mol. The number of amides is 1.